The number of anilines is 2. The van der Waals surface area contributed by atoms with E-state index in [1.807, 2.05) is 0 Å². The van der Waals surface area contributed by atoms with Gasteiger partial charge in [-0.3, -0.25) is 24.5 Å². The van der Waals surface area contributed by atoms with Crippen molar-refractivity contribution < 1.29 is 28.9 Å². The average molecular weight is 536 g/mol. The molecule has 40 heavy (non-hydrogen) atoms. The molecule has 0 radical (unpaired) electrons. The molecule has 4 aromatic rings. The molecule has 0 aromatic heterocycles. The summed E-state index contributed by atoms with van der Waals surface area (Å²) >= 11 is 0. The largest absolute Gasteiger partial charge is 0.423 e. The lowest BCUT2D eigenvalue weighted by Gasteiger charge is -2.28. The zero-order chi connectivity index (χ0) is 27.8. The second kappa shape index (κ2) is 10.1. The van der Waals surface area contributed by atoms with E-state index in [2.05, 4.69) is 0 Å². The monoisotopic (exact) mass is 535 g/mol. The van der Waals surface area contributed by atoms with Crippen LogP contribution in [0.4, 0.5) is 17.1 Å². The van der Waals surface area contributed by atoms with E-state index >= 15 is 0 Å². The van der Waals surface area contributed by atoms with E-state index in [0.29, 0.717) is 22.5 Å². The van der Waals surface area contributed by atoms with E-state index in [-0.39, 0.29) is 11.4 Å². The van der Waals surface area contributed by atoms with E-state index in [9.17, 15) is 24.5 Å². The SMILES string of the molecule is O=C(Oc1ccc([C@H]2[C@H]3C(=O)N(c4ccccc4)C(=O)[C@@H]3ON2c2cccc([N+](=O)[O-])c2)cc1)c1ccccc1. The molecule has 0 bridgehead atoms. The van der Waals surface area contributed by atoms with Crippen molar-refractivity contribution in [3.8, 4) is 5.75 Å². The van der Waals surface area contributed by atoms with Crippen molar-refractivity contribution >= 4 is 34.8 Å². The first-order valence-corrected chi connectivity index (χ1v) is 12.4. The topological polar surface area (TPSA) is 119 Å². The molecular formula is C30H21N3O7. The molecule has 2 fully saturated rings. The number of hydrogen-bond donors (Lipinski definition) is 0. The van der Waals surface area contributed by atoms with Gasteiger partial charge in [0.25, 0.3) is 11.6 Å². The minimum absolute atomic E-state index is 0.163. The van der Waals surface area contributed by atoms with Gasteiger partial charge < -0.3 is 4.74 Å². The summed E-state index contributed by atoms with van der Waals surface area (Å²) in [6, 6.07) is 28.7. The third-order valence-electron chi connectivity index (χ3n) is 6.87. The van der Waals surface area contributed by atoms with Gasteiger partial charge in [-0.25, -0.2) is 14.8 Å². The van der Waals surface area contributed by atoms with Crippen LogP contribution in [0.25, 0.3) is 0 Å². The Balaban J connectivity index is 1.36. The number of benzene rings is 4. The zero-order valence-electron chi connectivity index (χ0n) is 20.8. The van der Waals surface area contributed by atoms with Gasteiger partial charge in [-0.15, -0.1) is 0 Å². The van der Waals surface area contributed by atoms with Gasteiger partial charge in [0.05, 0.1) is 27.9 Å². The molecule has 2 heterocycles. The number of rotatable bonds is 6. The lowest BCUT2D eigenvalue weighted by Crippen LogP contribution is -2.37. The predicted octanol–water partition coefficient (Wildman–Crippen LogP) is 4.87. The molecule has 4 aromatic carbocycles. The highest BCUT2D eigenvalue weighted by Gasteiger charge is 2.60. The Morgan fingerprint density at radius 2 is 1.45 bits per heavy atom. The Hall–Kier alpha value is -5.35. The highest BCUT2D eigenvalue weighted by Crippen LogP contribution is 2.48. The number of fused-ring (bicyclic) bond motifs is 1. The first-order chi connectivity index (χ1) is 19.4. The van der Waals surface area contributed by atoms with Crippen molar-refractivity contribution in [1.82, 2.24) is 0 Å². The van der Waals surface area contributed by atoms with Crippen LogP contribution < -0.4 is 14.7 Å². The number of nitro benzene ring substituents is 1. The fourth-order valence-electron chi connectivity index (χ4n) is 5.03. The van der Waals surface area contributed by atoms with E-state index in [4.69, 9.17) is 9.57 Å². The predicted molar refractivity (Wildman–Crippen MR) is 143 cm³/mol. The maximum Gasteiger partial charge on any atom is 0.343 e. The minimum atomic E-state index is -1.13. The Labute approximate surface area is 228 Å². The van der Waals surface area contributed by atoms with Gasteiger partial charge in [-0.1, -0.05) is 54.6 Å². The summed E-state index contributed by atoms with van der Waals surface area (Å²) in [5.41, 5.74) is 1.57. The van der Waals surface area contributed by atoms with E-state index in [1.165, 1.54) is 23.3 Å². The van der Waals surface area contributed by atoms with Crippen molar-refractivity contribution in [3.05, 3.63) is 130 Å². The Morgan fingerprint density at radius 1 is 0.800 bits per heavy atom. The third-order valence-corrected chi connectivity index (χ3v) is 6.87. The molecule has 2 saturated heterocycles. The fourth-order valence-corrected chi connectivity index (χ4v) is 5.03. The zero-order valence-corrected chi connectivity index (χ0v) is 20.8. The molecule has 10 heteroatoms. The van der Waals surface area contributed by atoms with Crippen molar-refractivity contribution in [2.24, 2.45) is 5.92 Å². The Bertz CT molecular complexity index is 1610. The van der Waals surface area contributed by atoms with Crippen LogP contribution in [-0.2, 0) is 14.4 Å². The number of hydroxylamine groups is 1. The average Bonchev–Trinajstić information content (AvgIpc) is 3.50. The molecule has 3 atom stereocenters. The summed E-state index contributed by atoms with van der Waals surface area (Å²) < 4.78 is 5.48. The number of hydrogen-bond acceptors (Lipinski definition) is 8. The summed E-state index contributed by atoms with van der Waals surface area (Å²) in [4.78, 5) is 57.7. The van der Waals surface area contributed by atoms with Crippen LogP contribution in [0.5, 0.6) is 5.75 Å². The van der Waals surface area contributed by atoms with Crippen LogP contribution in [0.15, 0.2) is 109 Å². The molecule has 2 amide bonds. The van der Waals surface area contributed by atoms with E-state index in [0.717, 1.165) is 4.90 Å². The summed E-state index contributed by atoms with van der Waals surface area (Å²) in [7, 11) is 0. The van der Waals surface area contributed by atoms with Gasteiger partial charge >= 0.3 is 5.97 Å². The molecule has 0 aliphatic carbocycles. The van der Waals surface area contributed by atoms with Gasteiger partial charge in [0.2, 0.25) is 5.91 Å². The molecule has 10 nitrogen and oxygen atoms in total. The van der Waals surface area contributed by atoms with Gasteiger partial charge in [-0.2, -0.15) is 0 Å². The van der Waals surface area contributed by atoms with Crippen LogP contribution in [-0.4, -0.2) is 28.8 Å². The lowest BCUT2D eigenvalue weighted by atomic mass is 9.90. The Kier molecular flexibility index (Phi) is 6.29. The second-order valence-electron chi connectivity index (χ2n) is 9.27. The standard InChI is InChI=1S/C30H21N3O7/c34-28-25-26(19-14-16-24(17-15-19)39-30(36)20-8-3-1-4-9-20)32(22-12-7-13-23(18-22)33(37)38)40-27(25)29(35)31(28)21-10-5-2-6-11-21/h1-18,25-27H/t25-,26+,27-/m1/s1. The second-order valence-corrected chi connectivity index (χ2v) is 9.27. The molecule has 198 valence electrons. The fraction of sp³-hybridized carbons (Fsp3) is 0.100. The van der Waals surface area contributed by atoms with Gasteiger partial charge in [0.15, 0.2) is 6.10 Å². The van der Waals surface area contributed by atoms with Crippen molar-refractivity contribution in [3.63, 3.8) is 0 Å². The number of imide groups is 1. The minimum Gasteiger partial charge on any atom is -0.423 e. The number of nitrogens with zero attached hydrogens (tertiary/aromatic N) is 3. The quantitative estimate of drug-likeness (QED) is 0.113. The van der Waals surface area contributed by atoms with Gasteiger partial charge in [0, 0.05) is 12.1 Å². The molecule has 0 N–H and O–H groups in total. The van der Waals surface area contributed by atoms with Crippen LogP contribution >= 0.6 is 0 Å². The number of non-ortho nitro benzene ring substituents is 1. The first kappa shape index (κ1) is 25.0. The normalized spacial score (nSPS) is 19.9. The smallest absolute Gasteiger partial charge is 0.343 e. The van der Waals surface area contributed by atoms with Crippen molar-refractivity contribution in [2.75, 3.05) is 9.96 Å². The molecule has 2 aliphatic heterocycles. The van der Waals surface area contributed by atoms with Crippen LogP contribution in [0.3, 0.4) is 0 Å². The number of ether oxygens (including phenoxy) is 1. The highest BCUT2D eigenvalue weighted by atomic mass is 16.7. The number of amides is 2. The molecule has 6 rings (SSSR count). The van der Waals surface area contributed by atoms with Crippen LogP contribution in [0, 0.1) is 16.0 Å². The summed E-state index contributed by atoms with van der Waals surface area (Å²) in [6.07, 6.45) is -1.13. The molecular weight excluding hydrogens is 514 g/mol. The van der Waals surface area contributed by atoms with Gasteiger partial charge in [-0.05, 0) is 48.0 Å². The molecule has 2 aliphatic rings. The van der Waals surface area contributed by atoms with Crippen LogP contribution in [0.2, 0.25) is 0 Å². The summed E-state index contributed by atoms with van der Waals surface area (Å²) in [5.74, 6) is -2.13. The highest BCUT2D eigenvalue weighted by molar-refractivity contribution is 6.23. The first-order valence-electron chi connectivity index (χ1n) is 12.4. The summed E-state index contributed by atoms with van der Waals surface area (Å²) in [5, 5.41) is 12.8. The summed E-state index contributed by atoms with van der Waals surface area (Å²) in [6.45, 7) is 0. The molecule has 0 saturated carbocycles. The number of esters is 1. The number of carbonyl (C=O) groups is 3. The van der Waals surface area contributed by atoms with Crippen molar-refractivity contribution in [2.45, 2.75) is 12.1 Å². The molecule has 0 unspecified atom stereocenters. The number of nitro groups is 1. The lowest BCUT2D eigenvalue weighted by molar-refractivity contribution is -0.384. The maximum atomic E-state index is 13.7. The number of carbonyl (C=O) groups excluding carboxylic acids is 3. The third kappa shape index (κ3) is 4.36. The van der Waals surface area contributed by atoms with Gasteiger partial charge in [0.1, 0.15) is 11.7 Å². The number of para-hydroxylation sites is 1. The van der Waals surface area contributed by atoms with Crippen LogP contribution in [0.1, 0.15) is 22.0 Å². The molecule has 0 spiro atoms. The van der Waals surface area contributed by atoms with E-state index in [1.54, 1.807) is 91.0 Å². The Morgan fingerprint density at radius 3 is 2.12 bits per heavy atom. The maximum absolute atomic E-state index is 13.7. The van der Waals surface area contributed by atoms with E-state index < -0.39 is 40.8 Å². The van der Waals surface area contributed by atoms with Crippen molar-refractivity contribution in [1.29, 1.82) is 0 Å².